The molecular weight excluding hydrogens is 468 g/mol. The van der Waals surface area contributed by atoms with Crippen molar-refractivity contribution in [2.75, 3.05) is 12.4 Å². The monoisotopic (exact) mass is 484 g/mol. The Morgan fingerprint density at radius 1 is 1.00 bits per heavy atom. The van der Waals surface area contributed by atoms with Gasteiger partial charge in [-0.15, -0.1) is 0 Å². The van der Waals surface area contributed by atoms with Gasteiger partial charge in [0, 0.05) is 20.7 Å². The lowest BCUT2D eigenvalue weighted by atomic mass is 10.1. The second-order valence-corrected chi connectivity index (χ2v) is 7.61. The van der Waals surface area contributed by atoms with Gasteiger partial charge in [0.15, 0.2) is 0 Å². The fourth-order valence-corrected chi connectivity index (χ4v) is 3.11. The van der Waals surface area contributed by atoms with Gasteiger partial charge in [-0.1, -0.05) is 45.7 Å². The lowest BCUT2D eigenvalue weighted by Gasteiger charge is -2.12. The number of hydrogen-bond donors (Lipinski definition) is 2. The molecule has 7 heteroatoms. The summed E-state index contributed by atoms with van der Waals surface area (Å²) in [5, 5.41) is 6.03. The van der Waals surface area contributed by atoms with Gasteiger partial charge in [0.05, 0.1) is 7.11 Å². The highest BCUT2D eigenvalue weighted by Gasteiger charge is 2.15. The maximum Gasteiger partial charge on any atom is 0.272 e. The molecule has 0 aliphatic heterocycles. The Morgan fingerprint density at radius 2 is 1.70 bits per heavy atom. The van der Waals surface area contributed by atoms with Crippen molar-refractivity contribution in [3.63, 3.8) is 0 Å². The Morgan fingerprint density at radius 3 is 2.33 bits per heavy atom. The highest BCUT2D eigenvalue weighted by Crippen LogP contribution is 2.17. The fraction of sp³-hybridized carbons (Fsp3) is 0.0435. The van der Waals surface area contributed by atoms with E-state index in [4.69, 9.17) is 16.3 Å². The third-order valence-corrected chi connectivity index (χ3v) is 4.85. The molecule has 0 atom stereocenters. The number of halogens is 2. The molecule has 2 N–H and O–H groups in total. The van der Waals surface area contributed by atoms with Gasteiger partial charge in [0.25, 0.3) is 11.8 Å². The molecule has 0 heterocycles. The van der Waals surface area contributed by atoms with Crippen LogP contribution in [0.15, 0.2) is 83.0 Å². The summed E-state index contributed by atoms with van der Waals surface area (Å²) < 4.78 is 5.92. The Labute approximate surface area is 187 Å². The van der Waals surface area contributed by atoms with Gasteiger partial charge in [-0.2, -0.15) is 0 Å². The van der Waals surface area contributed by atoms with Gasteiger partial charge in [0.2, 0.25) is 0 Å². The molecule has 30 heavy (non-hydrogen) atoms. The summed E-state index contributed by atoms with van der Waals surface area (Å²) in [7, 11) is 1.58. The van der Waals surface area contributed by atoms with Crippen molar-refractivity contribution in [2.45, 2.75) is 0 Å². The number of hydrogen-bond acceptors (Lipinski definition) is 3. The molecule has 0 spiro atoms. The molecule has 0 aliphatic rings. The molecule has 0 unspecified atom stereocenters. The number of amides is 2. The SMILES string of the molecule is COc1ccc(C=C(NC(=O)c2cccc(Br)c2)C(=O)Nc2ccc(Cl)cc2)cc1. The van der Waals surface area contributed by atoms with E-state index >= 15 is 0 Å². The third-order valence-electron chi connectivity index (χ3n) is 4.11. The molecule has 0 radical (unpaired) electrons. The second kappa shape index (κ2) is 10.1. The third kappa shape index (κ3) is 5.95. The van der Waals surface area contributed by atoms with E-state index in [1.165, 1.54) is 0 Å². The van der Waals surface area contributed by atoms with Crippen molar-refractivity contribution < 1.29 is 14.3 Å². The van der Waals surface area contributed by atoms with Crippen molar-refractivity contribution in [3.05, 3.63) is 99.1 Å². The van der Waals surface area contributed by atoms with E-state index in [2.05, 4.69) is 26.6 Å². The van der Waals surface area contributed by atoms with Crippen LogP contribution in [0.3, 0.4) is 0 Å². The first-order chi connectivity index (χ1) is 14.4. The average molecular weight is 486 g/mol. The molecule has 3 aromatic carbocycles. The molecule has 2 amide bonds. The summed E-state index contributed by atoms with van der Waals surface area (Å²) in [5.74, 6) is -0.170. The van der Waals surface area contributed by atoms with Crippen molar-refractivity contribution in [2.24, 2.45) is 0 Å². The number of nitrogens with one attached hydrogen (secondary N) is 2. The summed E-state index contributed by atoms with van der Waals surface area (Å²) in [4.78, 5) is 25.6. The maximum atomic E-state index is 12.9. The van der Waals surface area contributed by atoms with E-state index in [0.29, 0.717) is 22.0 Å². The van der Waals surface area contributed by atoms with Crippen LogP contribution in [-0.4, -0.2) is 18.9 Å². The minimum atomic E-state index is -0.462. The van der Waals surface area contributed by atoms with Gasteiger partial charge >= 0.3 is 0 Å². The lowest BCUT2D eigenvalue weighted by Crippen LogP contribution is -2.30. The van der Waals surface area contributed by atoms with Gasteiger partial charge in [0.1, 0.15) is 11.4 Å². The molecular formula is C23H18BrClN2O3. The van der Waals surface area contributed by atoms with Crippen molar-refractivity contribution in [1.82, 2.24) is 5.32 Å². The quantitative estimate of drug-likeness (QED) is 0.452. The Balaban J connectivity index is 1.88. The fourth-order valence-electron chi connectivity index (χ4n) is 2.58. The van der Waals surface area contributed by atoms with Crippen LogP contribution < -0.4 is 15.4 Å². The van der Waals surface area contributed by atoms with Gasteiger partial charge in [-0.3, -0.25) is 9.59 Å². The Bertz CT molecular complexity index is 1080. The minimum Gasteiger partial charge on any atom is -0.497 e. The number of benzene rings is 3. The summed E-state index contributed by atoms with van der Waals surface area (Å²) >= 11 is 9.24. The molecule has 5 nitrogen and oxygen atoms in total. The number of ether oxygens (including phenoxy) is 1. The van der Waals surface area contributed by atoms with E-state index in [9.17, 15) is 9.59 Å². The smallest absolute Gasteiger partial charge is 0.272 e. The zero-order valence-electron chi connectivity index (χ0n) is 16.0. The average Bonchev–Trinajstić information content (AvgIpc) is 2.75. The first kappa shape index (κ1) is 21.6. The van der Waals surface area contributed by atoms with Gasteiger partial charge in [-0.25, -0.2) is 0 Å². The van der Waals surface area contributed by atoms with Crippen LogP contribution in [0.5, 0.6) is 5.75 Å². The van der Waals surface area contributed by atoms with Crippen LogP contribution in [0.2, 0.25) is 5.02 Å². The van der Waals surface area contributed by atoms with E-state index in [1.807, 2.05) is 6.07 Å². The predicted octanol–water partition coefficient (Wildman–Crippen LogP) is 5.52. The molecule has 152 valence electrons. The number of methoxy groups -OCH3 is 1. The number of carbonyl (C=O) groups is 2. The Hall–Kier alpha value is -3.09. The van der Waals surface area contributed by atoms with Crippen LogP contribution >= 0.6 is 27.5 Å². The van der Waals surface area contributed by atoms with Crippen LogP contribution in [0, 0.1) is 0 Å². The topological polar surface area (TPSA) is 67.4 Å². The number of carbonyl (C=O) groups excluding carboxylic acids is 2. The van der Waals surface area contributed by atoms with E-state index in [1.54, 1.807) is 79.9 Å². The molecule has 3 rings (SSSR count). The van der Waals surface area contributed by atoms with Crippen molar-refractivity contribution in [3.8, 4) is 5.75 Å². The van der Waals surface area contributed by atoms with Crippen LogP contribution in [0.4, 0.5) is 5.69 Å². The van der Waals surface area contributed by atoms with Crippen LogP contribution in [0.1, 0.15) is 15.9 Å². The van der Waals surface area contributed by atoms with Crippen LogP contribution in [-0.2, 0) is 4.79 Å². The lowest BCUT2D eigenvalue weighted by molar-refractivity contribution is -0.113. The number of rotatable bonds is 6. The zero-order valence-corrected chi connectivity index (χ0v) is 18.3. The summed E-state index contributed by atoms with van der Waals surface area (Å²) in [6.07, 6.45) is 1.60. The normalized spacial score (nSPS) is 11.0. The Kier molecular flexibility index (Phi) is 7.27. The maximum absolute atomic E-state index is 12.9. The molecule has 0 fully saturated rings. The van der Waals surface area contributed by atoms with Crippen molar-refractivity contribution in [1.29, 1.82) is 0 Å². The summed E-state index contributed by atoms with van der Waals surface area (Å²) in [6.45, 7) is 0. The number of anilines is 1. The molecule has 0 bridgehead atoms. The highest BCUT2D eigenvalue weighted by atomic mass is 79.9. The highest BCUT2D eigenvalue weighted by molar-refractivity contribution is 9.10. The van der Waals surface area contributed by atoms with E-state index in [0.717, 1.165) is 10.0 Å². The molecule has 0 saturated carbocycles. The minimum absolute atomic E-state index is 0.0973. The zero-order chi connectivity index (χ0) is 21.5. The molecule has 0 saturated heterocycles. The first-order valence-electron chi connectivity index (χ1n) is 8.94. The van der Waals surface area contributed by atoms with Crippen molar-refractivity contribution >= 4 is 51.1 Å². The van der Waals surface area contributed by atoms with Gasteiger partial charge in [-0.05, 0) is 66.2 Å². The molecule has 0 aromatic heterocycles. The predicted molar refractivity (Wildman–Crippen MR) is 123 cm³/mol. The van der Waals surface area contributed by atoms with E-state index in [-0.39, 0.29) is 5.70 Å². The standard InChI is InChI=1S/C23H18BrClN2O3/c1-30-20-11-5-15(6-12-20)13-21(23(29)26-19-9-7-18(25)8-10-19)27-22(28)16-3-2-4-17(24)14-16/h2-14H,1H3,(H,26,29)(H,27,28). The molecule has 0 aliphatic carbocycles. The summed E-state index contributed by atoms with van der Waals surface area (Å²) in [6, 6.07) is 20.8. The second-order valence-electron chi connectivity index (χ2n) is 6.26. The van der Waals surface area contributed by atoms with E-state index < -0.39 is 11.8 Å². The first-order valence-corrected chi connectivity index (χ1v) is 10.1. The molecule has 3 aromatic rings. The van der Waals surface area contributed by atoms with Crippen LogP contribution in [0.25, 0.3) is 6.08 Å². The van der Waals surface area contributed by atoms with Gasteiger partial charge < -0.3 is 15.4 Å². The largest absolute Gasteiger partial charge is 0.497 e. The summed E-state index contributed by atoms with van der Waals surface area (Å²) in [5.41, 5.74) is 1.80.